The van der Waals surface area contributed by atoms with Crippen LogP contribution in [0.4, 0.5) is 20.7 Å². The molecule has 0 spiro atoms. The van der Waals surface area contributed by atoms with Gasteiger partial charge < -0.3 is 20.0 Å². The van der Waals surface area contributed by atoms with Gasteiger partial charge in [0.25, 0.3) is 0 Å². The van der Waals surface area contributed by atoms with E-state index < -0.39 is 0 Å². The first-order chi connectivity index (χ1) is 14.6. The Kier molecular flexibility index (Phi) is 6.35. The van der Waals surface area contributed by atoms with E-state index in [1.54, 1.807) is 12.1 Å². The molecule has 160 valence electrons. The van der Waals surface area contributed by atoms with Crippen molar-refractivity contribution < 1.29 is 9.18 Å². The predicted molar refractivity (Wildman–Crippen MR) is 117 cm³/mol. The summed E-state index contributed by atoms with van der Waals surface area (Å²) in [6.45, 7) is 7.68. The number of rotatable bonds is 4. The van der Waals surface area contributed by atoms with Crippen molar-refractivity contribution in [2.24, 2.45) is 5.92 Å². The molecule has 0 aliphatic carbocycles. The van der Waals surface area contributed by atoms with E-state index in [1.807, 2.05) is 17.2 Å². The minimum absolute atomic E-state index is 0.0529. The molecule has 3 heterocycles. The molecule has 2 amide bonds. The number of carbonyl (C=O) groups is 1. The average molecular weight is 412 g/mol. The van der Waals surface area contributed by atoms with Crippen LogP contribution in [0.1, 0.15) is 25.3 Å². The van der Waals surface area contributed by atoms with Crippen molar-refractivity contribution in [3.8, 4) is 0 Å². The number of amides is 2. The summed E-state index contributed by atoms with van der Waals surface area (Å²) in [5, 5.41) is 3.00. The van der Waals surface area contributed by atoms with Gasteiger partial charge >= 0.3 is 6.03 Å². The van der Waals surface area contributed by atoms with Crippen LogP contribution in [-0.2, 0) is 6.54 Å². The second-order valence-corrected chi connectivity index (χ2v) is 8.30. The largest absolute Gasteiger partial charge is 0.368 e. The Morgan fingerprint density at radius 1 is 1.00 bits per heavy atom. The summed E-state index contributed by atoms with van der Waals surface area (Å²) in [4.78, 5) is 23.5. The number of nitrogens with zero attached hydrogens (tertiary/aromatic N) is 4. The third-order valence-electron chi connectivity index (χ3n) is 6.12. The number of pyridine rings is 1. The summed E-state index contributed by atoms with van der Waals surface area (Å²) in [5.41, 5.74) is 1.99. The maximum Gasteiger partial charge on any atom is 0.317 e. The smallest absolute Gasteiger partial charge is 0.317 e. The van der Waals surface area contributed by atoms with E-state index >= 15 is 0 Å². The van der Waals surface area contributed by atoms with Gasteiger partial charge in [0.05, 0.1) is 0 Å². The van der Waals surface area contributed by atoms with E-state index in [-0.39, 0.29) is 11.8 Å². The molecule has 0 saturated carbocycles. The molecule has 2 saturated heterocycles. The molecule has 0 bridgehead atoms. The molecular formula is C23H30FN5O. The summed E-state index contributed by atoms with van der Waals surface area (Å²) >= 11 is 0. The highest BCUT2D eigenvalue weighted by Gasteiger charge is 2.21. The van der Waals surface area contributed by atoms with E-state index in [1.165, 1.54) is 25.0 Å². The zero-order valence-corrected chi connectivity index (χ0v) is 17.6. The highest BCUT2D eigenvalue weighted by molar-refractivity contribution is 5.74. The van der Waals surface area contributed by atoms with Crippen LogP contribution >= 0.6 is 0 Å². The van der Waals surface area contributed by atoms with E-state index in [0.717, 1.165) is 49.2 Å². The number of halogens is 1. The molecule has 0 unspecified atom stereocenters. The monoisotopic (exact) mass is 411 g/mol. The number of benzene rings is 1. The fraction of sp³-hybridized carbons (Fsp3) is 0.478. The van der Waals surface area contributed by atoms with Crippen molar-refractivity contribution in [1.82, 2.24) is 15.2 Å². The van der Waals surface area contributed by atoms with Gasteiger partial charge in [0.15, 0.2) is 0 Å². The lowest BCUT2D eigenvalue weighted by Crippen LogP contribution is -2.51. The van der Waals surface area contributed by atoms with Crippen LogP contribution in [0.25, 0.3) is 0 Å². The Morgan fingerprint density at radius 2 is 1.70 bits per heavy atom. The topological polar surface area (TPSA) is 51.7 Å². The molecule has 2 aliphatic rings. The van der Waals surface area contributed by atoms with E-state index in [9.17, 15) is 9.18 Å². The Bertz CT molecular complexity index is 826. The van der Waals surface area contributed by atoms with Crippen LogP contribution in [0.15, 0.2) is 42.6 Å². The summed E-state index contributed by atoms with van der Waals surface area (Å²) in [6, 6.07) is 10.6. The van der Waals surface area contributed by atoms with Gasteiger partial charge in [-0.2, -0.15) is 0 Å². The molecule has 1 N–H and O–H groups in total. The second-order valence-electron chi connectivity index (χ2n) is 8.30. The minimum atomic E-state index is -0.232. The maximum absolute atomic E-state index is 13.1. The van der Waals surface area contributed by atoms with Crippen LogP contribution in [0, 0.1) is 11.7 Å². The quantitative estimate of drug-likeness (QED) is 0.837. The van der Waals surface area contributed by atoms with Crippen molar-refractivity contribution in [3.05, 3.63) is 54.0 Å². The molecule has 2 aliphatic heterocycles. The molecule has 0 atom stereocenters. The van der Waals surface area contributed by atoms with Crippen molar-refractivity contribution >= 4 is 17.5 Å². The Morgan fingerprint density at radius 3 is 2.33 bits per heavy atom. The lowest BCUT2D eigenvalue weighted by Gasteiger charge is -2.36. The molecule has 4 rings (SSSR count). The number of piperazine rings is 1. The zero-order valence-electron chi connectivity index (χ0n) is 17.6. The summed E-state index contributed by atoms with van der Waals surface area (Å²) in [6.07, 6.45) is 4.29. The number of carbonyl (C=O) groups excluding carboxylic acids is 1. The predicted octanol–water partition coefficient (Wildman–Crippen LogP) is 3.49. The van der Waals surface area contributed by atoms with E-state index in [2.05, 4.69) is 33.1 Å². The number of aromatic nitrogens is 1. The number of urea groups is 1. The first kappa shape index (κ1) is 20.4. The third kappa shape index (κ3) is 5.01. The van der Waals surface area contributed by atoms with Crippen molar-refractivity contribution in [3.63, 3.8) is 0 Å². The van der Waals surface area contributed by atoms with Gasteiger partial charge in [-0.3, -0.25) is 0 Å². The lowest BCUT2D eigenvalue weighted by molar-refractivity contribution is 0.194. The first-order valence-electron chi connectivity index (χ1n) is 10.8. The number of anilines is 2. The highest BCUT2D eigenvalue weighted by atomic mass is 19.1. The summed E-state index contributed by atoms with van der Waals surface area (Å²) < 4.78 is 13.1. The molecule has 2 aromatic rings. The molecule has 30 heavy (non-hydrogen) atoms. The van der Waals surface area contributed by atoms with Gasteiger partial charge in [0.1, 0.15) is 11.6 Å². The summed E-state index contributed by atoms with van der Waals surface area (Å²) in [5.74, 6) is 1.59. The number of nitrogens with one attached hydrogen (secondary N) is 1. The second kappa shape index (κ2) is 9.32. The van der Waals surface area contributed by atoms with Crippen LogP contribution in [-0.4, -0.2) is 55.2 Å². The molecule has 2 fully saturated rings. The van der Waals surface area contributed by atoms with Gasteiger partial charge in [-0.05, 0) is 54.7 Å². The van der Waals surface area contributed by atoms with E-state index in [0.29, 0.717) is 19.6 Å². The molecule has 6 nitrogen and oxygen atoms in total. The molecule has 1 aromatic carbocycles. The Labute approximate surface area is 177 Å². The standard InChI is InChI=1S/C23H30FN5O/c1-18-8-10-28(11-9-18)22-7-2-19(16-25-22)17-26-23(30)29-14-12-27(13-15-29)21-5-3-20(24)4-6-21/h2-7,16,18H,8-15,17H2,1H3,(H,26,30). The van der Waals surface area contributed by atoms with Crippen molar-refractivity contribution in [1.29, 1.82) is 0 Å². The lowest BCUT2D eigenvalue weighted by atomic mass is 9.99. The molecule has 7 heteroatoms. The van der Waals surface area contributed by atoms with E-state index in [4.69, 9.17) is 0 Å². The fourth-order valence-corrected chi connectivity index (χ4v) is 4.06. The average Bonchev–Trinajstić information content (AvgIpc) is 2.79. The maximum atomic E-state index is 13.1. The number of hydrogen-bond acceptors (Lipinski definition) is 4. The van der Waals surface area contributed by atoms with Gasteiger partial charge in [0, 0.05) is 57.7 Å². The van der Waals surface area contributed by atoms with Gasteiger partial charge in [0.2, 0.25) is 0 Å². The van der Waals surface area contributed by atoms with Crippen LogP contribution in [0.3, 0.4) is 0 Å². The third-order valence-corrected chi connectivity index (χ3v) is 6.12. The number of piperidine rings is 1. The Balaban J connectivity index is 1.22. The SMILES string of the molecule is CC1CCN(c2ccc(CNC(=O)N3CCN(c4ccc(F)cc4)CC3)cn2)CC1. The van der Waals surface area contributed by atoms with Crippen LogP contribution in [0.2, 0.25) is 0 Å². The van der Waals surface area contributed by atoms with Crippen LogP contribution < -0.4 is 15.1 Å². The van der Waals surface area contributed by atoms with Gasteiger partial charge in [-0.15, -0.1) is 0 Å². The first-order valence-corrected chi connectivity index (χ1v) is 10.8. The minimum Gasteiger partial charge on any atom is -0.368 e. The fourth-order valence-electron chi connectivity index (χ4n) is 4.06. The van der Waals surface area contributed by atoms with Crippen molar-refractivity contribution in [2.75, 3.05) is 49.1 Å². The summed E-state index contributed by atoms with van der Waals surface area (Å²) in [7, 11) is 0. The van der Waals surface area contributed by atoms with Gasteiger partial charge in [-0.25, -0.2) is 14.2 Å². The Hall–Kier alpha value is -2.83. The van der Waals surface area contributed by atoms with Crippen LogP contribution in [0.5, 0.6) is 0 Å². The van der Waals surface area contributed by atoms with Gasteiger partial charge in [-0.1, -0.05) is 13.0 Å². The number of hydrogen-bond donors (Lipinski definition) is 1. The highest BCUT2D eigenvalue weighted by Crippen LogP contribution is 2.21. The molecule has 0 radical (unpaired) electrons. The molecular weight excluding hydrogens is 381 g/mol. The zero-order chi connectivity index (χ0) is 20.9. The normalized spacial score (nSPS) is 17.9. The van der Waals surface area contributed by atoms with Crippen molar-refractivity contribution in [2.45, 2.75) is 26.3 Å². The molecule has 1 aromatic heterocycles.